The summed E-state index contributed by atoms with van der Waals surface area (Å²) in [5.41, 5.74) is 3.09. The van der Waals surface area contributed by atoms with E-state index in [0.29, 0.717) is 11.8 Å². The highest BCUT2D eigenvalue weighted by atomic mass is 14.4. The molecule has 0 aromatic carbocycles. The van der Waals surface area contributed by atoms with Gasteiger partial charge in [-0.2, -0.15) is 0 Å². The number of hydrogen-bond acceptors (Lipinski definition) is 0. The summed E-state index contributed by atoms with van der Waals surface area (Å²) in [6, 6.07) is 0. The Morgan fingerprint density at radius 2 is 1.19 bits per heavy atom. The molecule has 0 aromatic rings. The molecule has 0 heteroatoms. The summed E-state index contributed by atoms with van der Waals surface area (Å²) >= 11 is 0. The molecule has 2 atom stereocenters. The van der Waals surface area contributed by atoms with Gasteiger partial charge in [-0.15, -0.1) is 0 Å². The van der Waals surface area contributed by atoms with Crippen molar-refractivity contribution in [3.05, 3.63) is 71.9 Å². The second kappa shape index (κ2) is 4.13. The van der Waals surface area contributed by atoms with Gasteiger partial charge in [-0.05, 0) is 24.0 Å². The largest absolute Gasteiger partial charge is 0.0807 e. The highest BCUT2D eigenvalue weighted by Gasteiger charge is 2.36. The molecule has 0 aliphatic heterocycles. The average molecular weight is 208 g/mol. The lowest BCUT2D eigenvalue weighted by Gasteiger charge is -2.40. The molecule has 1 fully saturated rings. The van der Waals surface area contributed by atoms with E-state index in [2.05, 4.69) is 60.8 Å². The minimum absolute atomic E-state index is 0.610. The van der Waals surface area contributed by atoms with Crippen molar-refractivity contribution in [3.63, 3.8) is 0 Å². The maximum Gasteiger partial charge on any atom is 0.0124 e. The second-order valence-corrected chi connectivity index (χ2v) is 4.47. The van der Waals surface area contributed by atoms with E-state index >= 15 is 0 Å². The summed E-state index contributed by atoms with van der Waals surface area (Å²) < 4.78 is 0. The predicted octanol–water partition coefficient (Wildman–Crippen LogP) is 4.12. The van der Waals surface area contributed by atoms with Crippen molar-refractivity contribution in [1.29, 1.82) is 0 Å². The van der Waals surface area contributed by atoms with Crippen LogP contribution in [0.3, 0.4) is 0 Å². The van der Waals surface area contributed by atoms with Gasteiger partial charge in [0.05, 0.1) is 0 Å². The van der Waals surface area contributed by atoms with E-state index in [4.69, 9.17) is 0 Å². The van der Waals surface area contributed by atoms with Crippen molar-refractivity contribution < 1.29 is 0 Å². The summed E-state index contributed by atoms with van der Waals surface area (Å²) in [6.07, 6.45) is 24.7. The zero-order valence-corrected chi connectivity index (χ0v) is 9.34. The molecule has 0 nitrogen and oxygen atoms in total. The summed E-state index contributed by atoms with van der Waals surface area (Å²) in [5, 5.41) is 0. The SMILES string of the molecule is C1=C\C/C=C2/C3=C/C/C=C\C=C/C3C2\C=C/1. The zero-order valence-electron chi connectivity index (χ0n) is 9.34. The molecule has 2 unspecified atom stereocenters. The van der Waals surface area contributed by atoms with Gasteiger partial charge >= 0.3 is 0 Å². The maximum absolute atomic E-state index is 2.38. The smallest absolute Gasteiger partial charge is 0.0124 e. The van der Waals surface area contributed by atoms with Gasteiger partial charge in [0.2, 0.25) is 0 Å². The van der Waals surface area contributed by atoms with E-state index in [1.807, 2.05) is 0 Å². The van der Waals surface area contributed by atoms with Crippen molar-refractivity contribution >= 4 is 0 Å². The Kier molecular flexibility index (Phi) is 2.49. The maximum atomic E-state index is 2.38. The van der Waals surface area contributed by atoms with Crippen LogP contribution in [0.15, 0.2) is 71.9 Å². The van der Waals surface area contributed by atoms with Gasteiger partial charge in [-0.25, -0.2) is 0 Å². The third-order valence-electron chi connectivity index (χ3n) is 3.52. The van der Waals surface area contributed by atoms with E-state index in [9.17, 15) is 0 Å². The molecule has 1 saturated carbocycles. The van der Waals surface area contributed by atoms with Crippen LogP contribution in [0.2, 0.25) is 0 Å². The third-order valence-corrected chi connectivity index (χ3v) is 3.52. The molecular weight excluding hydrogens is 192 g/mol. The van der Waals surface area contributed by atoms with Crippen LogP contribution in [0, 0.1) is 11.8 Å². The second-order valence-electron chi connectivity index (χ2n) is 4.47. The summed E-state index contributed by atoms with van der Waals surface area (Å²) in [7, 11) is 0. The molecular formula is C16H16. The topological polar surface area (TPSA) is 0 Å². The molecule has 0 aromatic heterocycles. The standard InChI is InChI=1S/C16H16/c1-2-6-10-14-13(9-5-1)15-11-7-3-4-8-12-16(14)15/h1-5,7,9-13,15H,6,8H2/b2-1-,4-3-,9-5-,11-7-,14-10+,16-12-. The summed E-state index contributed by atoms with van der Waals surface area (Å²) in [6.45, 7) is 0. The van der Waals surface area contributed by atoms with Crippen LogP contribution >= 0.6 is 0 Å². The van der Waals surface area contributed by atoms with E-state index in [-0.39, 0.29) is 0 Å². The molecule has 0 N–H and O–H groups in total. The van der Waals surface area contributed by atoms with Gasteiger partial charge in [0.25, 0.3) is 0 Å². The highest BCUT2D eigenvalue weighted by molar-refractivity contribution is 5.53. The highest BCUT2D eigenvalue weighted by Crippen LogP contribution is 2.48. The van der Waals surface area contributed by atoms with Crippen molar-refractivity contribution in [1.82, 2.24) is 0 Å². The van der Waals surface area contributed by atoms with Crippen LogP contribution in [0.4, 0.5) is 0 Å². The van der Waals surface area contributed by atoms with Crippen molar-refractivity contribution in [2.45, 2.75) is 12.8 Å². The lowest BCUT2D eigenvalue weighted by Crippen LogP contribution is -2.30. The van der Waals surface area contributed by atoms with Gasteiger partial charge in [0.15, 0.2) is 0 Å². The fourth-order valence-corrected chi connectivity index (χ4v) is 2.70. The van der Waals surface area contributed by atoms with Crippen LogP contribution in [-0.4, -0.2) is 0 Å². The fourth-order valence-electron chi connectivity index (χ4n) is 2.70. The number of allylic oxidation sites excluding steroid dienone is 12. The minimum Gasteiger partial charge on any atom is -0.0807 e. The Labute approximate surface area is 97.1 Å². The molecule has 0 heterocycles. The first-order valence-corrected chi connectivity index (χ1v) is 6.04. The lowest BCUT2D eigenvalue weighted by atomic mass is 9.63. The Balaban J connectivity index is 1.98. The molecule has 0 spiro atoms. The van der Waals surface area contributed by atoms with Crippen molar-refractivity contribution in [2.24, 2.45) is 11.8 Å². The van der Waals surface area contributed by atoms with E-state index in [1.165, 1.54) is 0 Å². The molecule has 80 valence electrons. The fraction of sp³-hybridized carbons (Fsp3) is 0.250. The summed E-state index contributed by atoms with van der Waals surface area (Å²) in [4.78, 5) is 0. The molecule has 0 saturated heterocycles. The Hall–Kier alpha value is -1.56. The van der Waals surface area contributed by atoms with Crippen LogP contribution in [-0.2, 0) is 0 Å². The number of hydrogen-bond donors (Lipinski definition) is 0. The van der Waals surface area contributed by atoms with Crippen LogP contribution in [0.1, 0.15) is 12.8 Å². The van der Waals surface area contributed by atoms with Gasteiger partial charge in [0.1, 0.15) is 0 Å². The first kappa shape index (κ1) is 9.65. The first-order chi connectivity index (χ1) is 7.97. The zero-order chi connectivity index (χ0) is 10.8. The third kappa shape index (κ3) is 1.55. The van der Waals surface area contributed by atoms with E-state index in [1.54, 1.807) is 11.1 Å². The Morgan fingerprint density at radius 3 is 1.69 bits per heavy atom. The quantitative estimate of drug-likeness (QED) is 0.562. The molecule has 0 bridgehead atoms. The molecule has 3 rings (SSSR count). The van der Waals surface area contributed by atoms with Gasteiger partial charge in [-0.1, -0.05) is 60.8 Å². The molecule has 3 aliphatic rings. The minimum atomic E-state index is 0.610. The monoisotopic (exact) mass is 208 g/mol. The first-order valence-electron chi connectivity index (χ1n) is 6.04. The normalized spacial score (nSPS) is 45.5. The van der Waals surface area contributed by atoms with Gasteiger partial charge in [0, 0.05) is 11.8 Å². The van der Waals surface area contributed by atoms with E-state index < -0.39 is 0 Å². The molecule has 16 heavy (non-hydrogen) atoms. The van der Waals surface area contributed by atoms with Crippen molar-refractivity contribution in [3.8, 4) is 0 Å². The number of fused-ring (bicyclic) bond motifs is 4. The van der Waals surface area contributed by atoms with Gasteiger partial charge in [-0.3, -0.25) is 0 Å². The number of rotatable bonds is 0. The van der Waals surface area contributed by atoms with E-state index in [0.717, 1.165) is 12.8 Å². The van der Waals surface area contributed by atoms with Crippen LogP contribution in [0.25, 0.3) is 0 Å². The van der Waals surface area contributed by atoms with Crippen LogP contribution in [0.5, 0.6) is 0 Å². The average Bonchev–Trinajstić information content (AvgIpc) is 2.23. The van der Waals surface area contributed by atoms with Crippen LogP contribution < -0.4 is 0 Å². The van der Waals surface area contributed by atoms with Gasteiger partial charge < -0.3 is 0 Å². The summed E-state index contributed by atoms with van der Waals surface area (Å²) in [5.74, 6) is 1.22. The molecule has 0 amide bonds. The van der Waals surface area contributed by atoms with Crippen molar-refractivity contribution in [2.75, 3.05) is 0 Å². The molecule has 3 aliphatic carbocycles. The Morgan fingerprint density at radius 1 is 0.688 bits per heavy atom. The predicted molar refractivity (Wildman–Crippen MR) is 68.9 cm³/mol. The Bertz CT molecular complexity index is 408. The lowest BCUT2D eigenvalue weighted by molar-refractivity contribution is 0.517. The molecule has 0 radical (unpaired) electrons.